The molecule has 3 aromatic heterocycles. The van der Waals surface area contributed by atoms with E-state index in [4.69, 9.17) is 22.1 Å². The number of imidazole rings is 1. The molecule has 1 aliphatic rings. The van der Waals surface area contributed by atoms with Crippen molar-refractivity contribution in [3.63, 3.8) is 0 Å². The molecule has 0 saturated carbocycles. The molecule has 0 aliphatic carbocycles. The molecule has 0 bridgehead atoms. The summed E-state index contributed by atoms with van der Waals surface area (Å²) in [5.74, 6) is 5.77. The van der Waals surface area contributed by atoms with Gasteiger partial charge in [-0.1, -0.05) is 24.1 Å². The molecule has 2 N–H and O–H groups in total. The zero-order chi connectivity index (χ0) is 26.4. The van der Waals surface area contributed by atoms with E-state index in [1.807, 2.05) is 0 Å². The number of aryl methyl sites for hydroxylation is 2. The first-order valence-electron chi connectivity index (χ1n) is 11.5. The maximum absolute atomic E-state index is 15.3. The number of hydrogen-bond donors (Lipinski definition) is 1. The Bertz CT molecular complexity index is 1630. The predicted molar refractivity (Wildman–Crippen MR) is 137 cm³/mol. The molecule has 10 nitrogen and oxygen atoms in total. The standard InChI is InChI=1S/C25H24ClFN8O2/c1-5-20(36)34-10-14(8-15(34)11-37-4)35-25-21(24(28)29-12-30-25)18(32-35)7-6-16-17(26)9-19-23(22(16)27)31-13(2)33(19)3/h5,9,12,14-15H,1,8,10-11H2,2-4H3,(H2,28,29,30)/t14-,15+/m0/s1. The SMILES string of the molecule is C=CC(=O)N1C[C@@H](n2nc(C#Cc3c(Cl)cc4c(nc(C)n4C)c3F)c3c(N)ncnc32)C[C@@H]1COC. The van der Waals surface area contributed by atoms with E-state index < -0.39 is 5.82 Å². The van der Waals surface area contributed by atoms with E-state index >= 15 is 4.39 Å². The number of aromatic nitrogens is 6. The van der Waals surface area contributed by atoms with Crippen LogP contribution in [0.15, 0.2) is 25.0 Å². The van der Waals surface area contributed by atoms with Gasteiger partial charge < -0.3 is 19.9 Å². The van der Waals surface area contributed by atoms with Gasteiger partial charge in [0.1, 0.15) is 29.2 Å². The van der Waals surface area contributed by atoms with Gasteiger partial charge in [0, 0.05) is 20.7 Å². The molecule has 1 saturated heterocycles. The fourth-order valence-corrected chi connectivity index (χ4v) is 4.98. The summed E-state index contributed by atoms with van der Waals surface area (Å²) < 4.78 is 24.1. The number of hydrogen-bond acceptors (Lipinski definition) is 7. The Kier molecular flexibility index (Phi) is 6.31. The zero-order valence-corrected chi connectivity index (χ0v) is 21.3. The van der Waals surface area contributed by atoms with Crippen molar-refractivity contribution in [2.24, 2.45) is 7.05 Å². The van der Waals surface area contributed by atoms with Gasteiger partial charge >= 0.3 is 0 Å². The van der Waals surface area contributed by atoms with Crippen LogP contribution in [0, 0.1) is 24.6 Å². The van der Waals surface area contributed by atoms with E-state index in [-0.39, 0.29) is 45.6 Å². The van der Waals surface area contributed by atoms with E-state index in [1.54, 1.807) is 41.3 Å². The van der Waals surface area contributed by atoms with Crippen molar-refractivity contribution in [2.45, 2.75) is 25.4 Å². The molecule has 0 unspecified atom stereocenters. The van der Waals surface area contributed by atoms with E-state index in [0.29, 0.717) is 41.9 Å². The predicted octanol–water partition coefficient (Wildman–Crippen LogP) is 2.77. The second-order valence-electron chi connectivity index (χ2n) is 8.83. The monoisotopic (exact) mass is 522 g/mol. The van der Waals surface area contributed by atoms with Crippen LogP contribution in [-0.4, -0.2) is 66.4 Å². The number of nitrogens with two attached hydrogens (primary N) is 1. The fraction of sp³-hybridized carbons (Fsp3) is 0.320. The van der Waals surface area contributed by atoms with Crippen molar-refractivity contribution < 1.29 is 13.9 Å². The molecule has 0 spiro atoms. The minimum absolute atomic E-state index is 0.00849. The minimum atomic E-state index is -0.608. The first kappa shape index (κ1) is 24.7. The highest BCUT2D eigenvalue weighted by atomic mass is 35.5. The minimum Gasteiger partial charge on any atom is -0.383 e. The van der Waals surface area contributed by atoms with E-state index in [1.165, 1.54) is 12.4 Å². The molecular formula is C25H24ClFN8O2. The summed E-state index contributed by atoms with van der Waals surface area (Å²) in [6.45, 7) is 6.13. The number of carbonyl (C=O) groups excluding carboxylic acids is 1. The van der Waals surface area contributed by atoms with Crippen LogP contribution in [0.2, 0.25) is 5.02 Å². The van der Waals surface area contributed by atoms with E-state index in [2.05, 4.69) is 38.5 Å². The number of nitrogens with zero attached hydrogens (tertiary/aromatic N) is 7. The molecule has 37 heavy (non-hydrogen) atoms. The van der Waals surface area contributed by atoms with Gasteiger partial charge in [-0.05, 0) is 31.4 Å². The number of likely N-dealkylation sites (tertiary alicyclic amines) is 1. The van der Waals surface area contributed by atoms with Gasteiger partial charge in [-0.3, -0.25) is 4.79 Å². The van der Waals surface area contributed by atoms with Crippen molar-refractivity contribution >= 4 is 45.4 Å². The highest BCUT2D eigenvalue weighted by Gasteiger charge is 2.37. The molecule has 12 heteroatoms. The van der Waals surface area contributed by atoms with E-state index in [0.717, 1.165) is 0 Å². The van der Waals surface area contributed by atoms with Gasteiger partial charge in [0.2, 0.25) is 5.91 Å². The number of amides is 1. The Hall–Kier alpha value is -4.01. The normalized spacial score (nSPS) is 17.4. The molecule has 1 aliphatic heterocycles. The molecule has 0 radical (unpaired) electrons. The number of fused-ring (bicyclic) bond motifs is 2. The third-order valence-corrected chi connectivity index (χ3v) is 6.97. The van der Waals surface area contributed by atoms with Crippen molar-refractivity contribution in [2.75, 3.05) is 26.0 Å². The fourth-order valence-electron chi connectivity index (χ4n) is 4.75. The van der Waals surface area contributed by atoms with Crippen LogP contribution in [0.4, 0.5) is 10.2 Å². The number of carbonyl (C=O) groups is 1. The molecule has 190 valence electrons. The smallest absolute Gasteiger partial charge is 0.246 e. The van der Waals surface area contributed by atoms with Crippen molar-refractivity contribution in [3.05, 3.63) is 53.0 Å². The molecule has 1 amide bonds. The second-order valence-corrected chi connectivity index (χ2v) is 9.23. The molecule has 1 aromatic carbocycles. The van der Waals surface area contributed by atoms with Gasteiger partial charge in [0.15, 0.2) is 11.5 Å². The topological polar surface area (TPSA) is 117 Å². The molecule has 5 rings (SSSR count). The van der Waals surface area contributed by atoms with Crippen molar-refractivity contribution in [1.82, 2.24) is 34.2 Å². The summed E-state index contributed by atoms with van der Waals surface area (Å²) in [6.07, 6.45) is 3.20. The number of ether oxygens (including phenoxy) is 1. The Morgan fingerprint density at radius 2 is 2.19 bits per heavy atom. The number of rotatable bonds is 4. The van der Waals surface area contributed by atoms with Crippen LogP contribution in [0.1, 0.15) is 29.5 Å². The van der Waals surface area contributed by atoms with E-state index in [9.17, 15) is 4.79 Å². The van der Waals surface area contributed by atoms with Crippen LogP contribution in [0.5, 0.6) is 0 Å². The Labute approximate surface area is 216 Å². The van der Waals surface area contributed by atoms with Gasteiger partial charge in [-0.25, -0.2) is 24.0 Å². The maximum Gasteiger partial charge on any atom is 0.246 e. The largest absolute Gasteiger partial charge is 0.383 e. The van der Waals surface area contributed by atoms with Crippen molar-refractivity contribution in [1.29, 1.82) is 0 Å². The molecule has 4 heterocycles. The summed E-state index contributed by atoms with van der Waals surface area (Å²) in [5.41, 5.74) is 7.69. The quantitative estimate of drug-likeness (QED) is 0.323. The highest BCUT2D eigenvalue weighted by Crippen LogP contribution is 2.32. The van der Waals surface area contributed by atoms with Gasteiger partial charge in [0.25, 0.3) is 0 Å². The summed E-state index contributed by atoms with van der Waals surface area (Å²) in [7, 11) is 3.38. The van der Waals surface area contributed by atoms with Gasteiger partial charge in [-0.15, -0.1) is 0 Å². The third kappa shape index (κ3) is 4.08. The lowest BCUT2D eigenvalue weighted by Gasteiger charge is -2.22. The summed E-state index contributed by atoms with van der Waals surface area (Å²) in [5, 5.41) is 5.27. The van der Waals surface area contributed by atoms with Crippen LogP contribution < -0.4 is 5.73 Å². The Morgan fingerprint density at radius 1 is 1.41 bits per heavy atom. The van der Waals surface area contributed by atoms with Crippen LogP contribution in [0.25, 0.3) is 22.1 Å². The lowest BCUT2D eigenvalue weighted by Crippen LogP contribution is -2.37. The summed E-state index contributed by atoms with van der Waals surface area (Å²) in [4.78, 5) is 26.9. The molecule has 1 fully saturated rings. The lowest BCUT2D eigenvalue weighted by atomic mass is 10.1. The highest BCUT2D eigenvalue weighted by molar-refractivity contribution is 6.32. The average molecular weight is 523 g/mol. The van der Waals surface area contributed by atoms with Gasteiger partial charge in [-0.2, -0.15) is 5.10 Å². The van der Waals surface area contributed by atoms with Crippen LogP contribution in [-0.2, 0) is 16.6 Å². The molecule has 2 atom stereocenters. The number of methoxy groups -OCH3 is 1. The van der Waals surface area contributed by atoms with Crippen LogP contribution in [0.3, 0.4) is 0 Å². The Balaban J connectivity index is 1.60. The van der Waals surface area contributed by atoms with Crippen LogP contribution >= 0.6 is 11.6 Å². The second kappa shape index (κ2) is 9.46. The first-order chi connectivity index (χ1) is 17.7. The zero-order valence-electron chi connectivity index (χ0n) is 20.5. The maximum atomic E-state index is 15.3. The average Bonchev–Trinajstić information content (AvgIpc) is 3.54. The molecular weight excluding hydrogens is 499 g/mol. The number of anilines is 1. The summed E-state index contributed by atoms with van der Waals surface area (Å²) in [6, 6.07) is 1.26. The van der Waals surface area contributed by atoms with Crippen molar-refractivity contribution in [3.8, 4) is 11.8 Å². The molecule has 4 aromatic rings. The Morgan fingerprint density at radius 3 is 2.92 bits per heavy atom. The third-order valence-electron chi connectivity index (χ3n) is 6.67. The first-order valence-corrected chi connectivity index (χ1v) is 11.9. The number of benzene rings is 1. The summed E-state index contributed by atoms with van der Waals surface area (Å²) >= 11 is 6.40. The number of halogens is 2. The number of nitrogen functional groups attached to an aromatic ring is 1. The lowest BCUT2D eigenvalue weighted by molar-refractivity contribution is -0.127. The van der Waals surface area contributed by atoms with Gasteiger partial charge in [0.05, 0.1) is 40.2 Å².